The third kappa shape index (κ3) is 2.88. The van der Waals surface area contributed by atoms with Crippen molar-refractivity contribution in [3.63, 3.8) is 0 Å². The van der Waals surface area contributed by atoms with Crippen LogP contribution in [0, 0.1) is 0 Å². The highest BCUT2D eigenvalue weighted by molar-refractivity contribution is 7.91. The van der Waals surface area contributed by atoms with Gasteiger partial charge in [0.15, 0.2) is 15.5 Å². The van der Waals surface area contributed by atoms with E-state index in [2.05, 4.69) is 15.4 Å². The molecule has 0 unspecified atom stereocenters. The van der Waals surface area contributed by atoms with E-state index in [9.17, 15) is 18.0 Å². The maximum atomic E-state index is 12.6. The van der Waals surface area contributed by atoms with Crippen LogP contribution in [0.25, 0.3) is 16.6 Å². The molecule has 1 fully saturated rings. The lowest BCUT2D eigenvalue weighted by Crippen LogP contribution is -2.39. The van der Waals surface area contributed by atoms with Crippen molar-refractivity contribution >= 4 is 32.3 Å². The Hall–Kier alpha value is -2.75. The minimum atomic E-state index is -3.07. The Kier molecular flexibility index (Phi) is 3.57. The van der Waals surface area contributed by atoms with E-state index in [4.69, 9.17) is 0 Å². The molecule has 10 heteroatoms. The number of carbonyl (C=O) groups excluding carboxylic acids is 1. The van der Waals surface area contributed by atoms with Crippen LogP contribution >= 0.6 is 0 Å². The van der Waals surface area contributed by atoms with Gasteiger partial charge in [0, 0.05) is 24.5 Å². The fourth-order valence-electron chi connectivity index (χ4n) is 3.06. The first kappa shape index (κ1) is 15.8. The summed E-state index contributed by atoms with van der Waals surface area (Å²) in [7, 11) is -3.07. The van der Waals surface area contributed by atoms with Crippen LogP contribution < -0.4 is 10.9 Å². The van der Waals surface area contributed by atoms with E-state index in [0.717, 1.165) is 0 Å². The second-order valence-corrected chi connectivity index (χ2v) is 8.30. The number of aromatic nitrogens is 4. The summed E-state index contributed by atoms with van der Waals surface area (Å²) in [5.74, 6) is -0.358. The highest BCUT2D eigenvalue weighted by Gasteiger charge is 2.28. The first-order valence-electron chi connectivity index (χ1n) is 7.75. The summed E-state index contributed by atoms with van der Waals surface area (Å²) in [5, 5.41) is 7.16. The van der Waals surface area contributed by atoms with Gasteiger partial charge in [-0.3, -0.25) is 9.59 Å². The molecule has 4 rings (SSSR count). The average Bonchev–Trinajstić information content (AvgIpc) is 3.16. The predicted molar refractivity (Wildman–Crippen MR) is 90.0 cm³/mol. The minimum absolute atomic E-state index is 0.0490. The Morgan fingerprint density at radius 3 is 2.96 bits per heavy atom. The number of hydrogen-bond donors (Lipinski definition) is 1. The van der Waals surface area contributed by atoms with E-state index in [-0.39, 0.29) is 29.7 Å². The van der Waals surface area contributed by atoms with E-state index in [1.54, 1.807) is 22.8 Å². The highest BCUT2D eigenvalue weighted by Crippen LogP contribution is 2.12. The first-order chi connectivity index (χ1) is 11.9. The zero-order chi connectivity index (χ0) is 17.6. The van der Waals surface area contributed by atoms with Crippen molar-refractivity contribution in [1.82, 2.24) is 24.5 Å². The molecule has 1 atom stereocenters. The summed E-state index contributed by atoms with van der Waals surface area (Å²) in [4.78, 5) is 28.9. The lowest BCUT2D eigenvalue weighted by Gasteiger charge is -2.12. The molecule has 1 aliphatic rings. The number of pyridine rings is 1. The molecule has 1 N–H and O–H groups in total. The van der Waals surface area contributed by atoms with Gasteiger partial charge >= 0.3 is 0 Å². The number of hydrogen-bond acceptors (Lipinski definition) is 6. The normalized spacial score (nSPS) is 19.4. The number of nitrogens with one attached hydrogen (secondary N) is 1. The Bertz CT molecular complexity index is 1150. The summed E-state index contributed by atoms with van der Waals surface area (Å²) < 4.78 is 25.7. The third-order valence-corrected chi connectivity index (χ3v) is 6.04. The Labute approximate surface area is 142 Å². The lowest BCUT2D eigenvalue weighted by molar-refractivity contribution is -0.122. The van der Waals surface area contributed by atoms with E-state index in [1.807, 2.05) is 0 Å². The fraction of sp³-hybridized carbons (Fsp3) is 0.333. The number of nitrogens with zero attached hydrogens (tertiary/aromatic N) is 4. The summed E-state index contributed by atoms with van der Waals surface area (Å²) >= 11 is 0. The number of amides is 1. The molecule has 1 amide bonds. The van der Waals surface area contributed by atoms with Crippen LogP contribution in [-0.2, 0) is 21.2 Å². The van der Waals surface area contributed by atoms with Gasteiger partial charge in [0.25, 0.3) is 5.56 Å². The standard InChI is InChI=1S/C15H15N5O4S/c21-14(18-10-3-6-25(23,24)9-10)8-19-5-2-12-11(15(19)22)7-16-13-1-4-17-20(12)13/h1-2,4-5,7,10H,3,6,8-9H2,(H,18,21)/t10-/m1/s1. The van der Waals surface area contributed by atoms with E-state index >= 15 is 0 Å². The molecule has 130 valence electrons. The number of rotatable bonds is 3. The van der Waals surface area contributed by atoms with Crippen molar-refractivity contribution in [3.05, 3.63) is 41.1 Å². The van der Waals surface area contributed by atoms with Gasteiger partial charge in [-0.05, 0) is 12.5 Å². The van der Waals surface area contributed by atoms with Gasteiger partial charge in [-0.25, -0.2) is 17.9 Å². The number of sulfone groups is 1. The molecule has 0 spiro atoms. The van der Waals surface area contributed by atoms with Crippen LogP contribution in [0.5, 0.6) is 0 Å². The molecule has 1 saturated heterocycles. The van der Waals surface area contributed by atoms with Gasteiger partial charge in [-0.2, -0.15) is 5.10 Å². The molecule has 25 heavy (non-hydrogen) atoms. The topological polar surface area (TPSA) is 115 Å². The van der Waals surface area contributed by atoms with Crippen molar-refractivity contribution < 1.29 is 13.2 Å². The van der Waals surface area contributed by atoms with Crippen molar-refractivity contribution in [2.24, 2.45) is 0 Å². The van der Waals surface area contributed by atoms with Gasteiger partial charge in [0.05, 0.1) is 28.6 Å². The largest absolute Gasteiger partial charge is 0.351 e. The van der Waals surface area contributed by atoms with Gasteiger partial charge in [-0.15, -0.1) is 0 Å². The van der Waals surface area contributed by atoms with Gasteiger partial charge < -0.3 is 9.88 Å². The van der Waals surface area contributed by atoms with E-state index in [1.165, 1.54) is 17.0 Å². The molecule has 0 bridgehead atoms. The third-order valence-electron chi connectivity index (χ3n) is 4.27. The van der Waals surface area contributed by atoms with Crippen LogP contribution in [0.2, 0.25) is 0 Å². The predicted octanol–water partition coefficient (Wildman–Crippen LogP) is -0.652. The minimum Gasteiger partial charge on any atom is -0.351 e. The highest BCUT2D eigenvalue weighted by atomic mass is 32.2. The van der Waals surface area contributed by atoms with Crippen LogP contribution in [0.15, 0.2) is 35.5 Å². The molecular formula is C15H15N5O4S. The monoisotopic (exact) mass is 361 g/mol. The summed E-state index contributed by atoms with van der Waals surface area (Å²) in [6.07, 6.45) is 4.99. The zero-order valence-corrected chi connectivity index (χ0v) is 13.9. The maximum absolute atomic E-state index is 12.6. The van der Waals surface area contributed by atoms with Gasteiger partial charge in [0.1, 0.15) is 6.54 Å². The molecule has 4 heterocycles. The van der Waals surface area contributed by atoms with Gasteiger partial charge in [0.2, 0.25) is 5.91 Å². The Morgan fingerprint density at radius 1 is 1.36 bits per heavy atom. The number of fused-ring (bicyclic) bond motifs is 3. The van der Waals surface area contributed by atoms with Crippen LogP contribution in [0.1, 0.15) is 6.42 Å². The van der Waals surface area contributed by atoms with Crippen molar-refractivity contribution in [2.75, 3.05) is 11.5 Å². The smallest absolute Gasteiger partial charge is 0.262 e. The summed E-state index contributed by atoms with van der Waals surface area (Å²) in [6.45, 7) is -0.178. The molecule has 1 aliphatic heterocycles. The van der Waals surface area contributed by atoms with E-state index < -0.39 is 15.7 Å². The Balaban J connectivity index is 1.59. The SMILES string of the molecule is O=C(Cn1ccc2c(cnc3ccnn32)c1=O)N[C@@H]1CCS(=O)(=O)C1. The van der Waals surface area contributed by atoms with Crippen LogP contribution in [-0.4, -0.2) is 51.0 Å². The molecule has 0 aliphatic carbocycles. The van der Waals surface area contributed by atoms with Crippen LogP contribution in [0.3, 0.4) is 0 Å². The summed E-state index contributed by atoms with van der Waals surface area (Å²) in [6, 6.07) is 3.04. The molecular weight excluding hydrogens is 346 g/mol. The molecule has 0 radical (unpaired) electrons. The van der Waals surface area contributed by atoms with Gasteiger partial charge in [-0.1, -0.05) is 0 Å². The summed E-state index contributed by atoms with van der Waals surface area (Å²) in [5.41, 5.74) is 0.889. The van der Waals surface area contributed by atoms with E-state index in [0.29, 0.717) is 23.0 Å². The number of carbonyl (C=O) groups is 1. The van der Waals surface area contributed by atoms with Crippen molar-refractivity contribution in [2.45, 2.75) is 19.0 Å². The van der Waals surface area contributed by atoms with Crippen molar-refractivity contribution in [3.8, 4) is 0 Å². The molecule has 3 aromatic heterocycles. The van der Waals surface area contributed by atoms with Crippen molar-refractivity contribution in [1.29, 1.82) is 0 Å². The molecule has 0 aromatic carbocycles. The maximum Gasteiger partial charge on any atom is 0.262 e. The first-order valence-corrected chi connectivity index (χ1v) is 9.57. The quantitative estimate of drug-likeness (QED) is 0.663. The molecule has 0 saturated carbocycles. The average molecular weight is 361 g/mol. The molecule has 9 nitrogen and oxygen atoms in total. The second kappa shape index (κ2) is 5.66. The lowest BCUT2D eigenvalue weighted by atomic mass is 10.2. The van der Waals surface area contributed by atoms with Crippen LogP contribution in [0.4, 0.5) is 0 Å². The zero-order valence-electron chi connectivity index (χ0n) is 13.1. The fourth-order valence-corrected chi connectivity index (χ4v) is 4.73. The second-order valence-electron chi connectivity index (χ2n) is 6.07. The molecule has 3 aromatic rings. The Morgan fingerprint density at radius 2 is 2.20 bits per heavy atom.